The zero-order chi connectivity index (χ0) is 12.0. The molecule has 0 amide bonds. The Balaban J connectivity index is 0.00000256. The molecule has 0 bridgehead atoms. The van der Waals surface area contributed by atoms with Crippen molar-refractivity contribution in [2.24, 2.45) is 4.99 Å². The Morgan fingerprint density at radius 1 is 1.29 bits per heavy atom. The van der Waals surface area contributed by atoms with Gasteiger partial charge in [-0.2, -0.15) is 0 Å². The van der Waals surface area contributed by atoms with Crippen molar-refractivity contribution >= 4 is 41.5 Å². The lowest BCUT2D eigenvalue weighted by molar-refractivity contribution is 0.583. The first-order valence-electron chi connectivity index (χ1n) is 5.26. The lowest BCUT2D eigenvalue weighted by Gasteiger charge is -2.16. The van der Waals surface area contributed by atoms with Gasteiger partial charge in [-0.15, -0.1) is 24.0 Å². The predicted molar refractivity (Wildman–Crippen MR) is 85.6 cm³/mol. The summed E-state index contributed by atoms with van der Waals surface area (Å²) in [4.78, 5) is 6.10. The van der Waals surface area contributed by atoms with Crippen LogP contribution in [0.1, 0.15) is 5.56 Å². The van der Waals surface area contributed by atoms with Gasteiger partial charge in [0.25, 0.3) is 0 Å². The van der Waals surface area contributed by atoms with E-state index in [4.69, 9.17) is 11.6 Å². The Hall–Kier alpha value is -0.490. The topological polar surface area (TPSA) is 27.6 Å². The normalized spacial score (nSPS) is 10.7. The highest BCUT2D eigenvalue weighted by Crippen LogP contribution is 2.09. The standard InChI is InChI=1S/C12H18ClN3.HI/c1-14-12(16(2)3)15-9-8-10-4-6-11(13)7-5-10;/h4-7H,8-9H2,1-3H3,(H,14,15);1H. The summed E-state index contributed by atoms with van der Waals surface area (Å²) in [5.41, 5.74) is 1.27. The van der Waals surface area contributed by atoms with Crippen molar-refractivity contribution < 1.29 is 0 Å². The van der Waals surface area contributed by atoms with Crippen molar-refractivity contribution in [1.29, 1.82) is 0 Å². The number of benzene rings is 1. The van der Waals surface area contributed by atoms with E-state index in [-0.39, 0.29) is 24.0 Å². The van der Waals surface area contributed by atoms with Gasteiger partial charge in [0, 0.05) is 32.7 Å². The SMILES string of the molecule is CN=C(NCCc1ccc(Cl)cc1)N(C)C.I. The minimum absolute atomic E-state index is 0. The van der Waals surface area contributed by atoms with Crippen molar-refractivity contribution in [3.05, 3.63) is 34.9 Å². The maximum absolute atomic E-state index is 5.82. The van der Waals surface area contributed by atoms with E-state index in [9.17, 15) is 0 Å². The second-order valence-electron chi connectivity index (χ2n) is 3.74. The van der Waals surface area contributed by atoms with Crippen LogP contribution in [0, 0.1) is 0 Å². The molecule has 96 valence electrons. The van der Waals surface area contributed by atoms with E-state index in [0.717, 1.165) is 23.9 Å². The molecule has 0 unspecified atom stereocenters. The Morgan fingerprint density at radius 3 is 2.35 bits per heavy atom. The number of hydrogen-bond donors (Lipinski definition) is 1. The molecule has 0 fully saturated rings. The predicted octanol–water partition coefficient (Wildman–Crippen LogP) is 2.64. The summed E-state index contributed by atoms with van der Waals surface area (Å²) < 4.78 is 0. The van der Waals surface area contributed by atoms with Crippen molar-refractivity contribution in [3.8, 4) is 0 Å². The van der Waals surface area contributed by atoms with Gasteiger partial charge in [0.15, 0.2) is 5.96 Å². The van der Waals surface area contributed by atoms with Gasteiger partial charge in [0.2, 0.25) is 0 Å². The molecule has 1 N–H and O–H groups in total. The van der Waals surface area contributed by atoms with E-state index in [1.807, 2.05) is 43.3 Å². The molecule has 0 aliphatic heterocycles. The van der Waals surface area contributed by atoms with Gasteiger partial charge in [0.05, 0.1) is 0 Å². The number of rotatable bonds is 3. The third-order valence-electron chi connectivity index (χ3n) is 2.25. The van der Waals surface area contributed by atoms with E-state index in [1.165, 1.54) is 5.56 Å². The molecule has 0 heterocycles. The minimum Gasteiger partial charge on any atom is -0.356 e. The quantitative estimate of drug-likeness (QED) is 0.505. The maximum atomic E-state index is 5.82. The first-order chi connectivity index (χ1) is 7.63. The second-order valence-corrected chi connectivity index (χ2v) is 4.18. The number of nitrogens with one attached hydrogen (secondary N) is 1. The van der Waals surface area contributed by atoms with Crippen molar-refractivity contribution in [2.45, 2.75) is 6.42 Å². The van der Waals surface area contributed by atoms with Crippen LogP contribution in [-0.2, 0) is 6.42 Å². The number of hydrogen-bond acceptors (Lipinski definition) is 1. The Labute approximate surface area is 125 Å². The largest absolute Gasteiger partial charge is 0.356 e. The highest BCUT2D eigenvalue weighted by molar-refractivity contribution is 14.0. The van der Waals surface area contributed by atoms with Crippen LogP contribution in [0.2, 0.25) is 5.02 Å². The molecule has 0 aromatic heterocycles. The van der Waals surface area contributed by atoms with Gasteiger partial charge in [-0.1, -0.05) is 23.7 Å². The molecular weight excluding hydrogens is 349 g/mol. The average Bonchev–Trinajstić information content (AvgIpc) is 2.26. The Morgan fingerprint density at radius 2 is 1.88 bits per heavy atom. The van der Waals surface area contributed by atoms with Crippen LogP contribution in [-0.4, -0.2) is 38.5 Å². The lowest BCUT2D eigenvalue weighted by Crippen LogP contribution is -2.37. The molecule has 1 aromatic carbocycles. The monoisotopic (exact) mass is 367 g/mol. The molecule has 1 aromatic rings. The molecule has 5 heteroatoms. The summed E-state index contributed by atoms with van der Waals surface area (Å²) in [7, 11) is 5.72. The van der Waals surface area contributed by atoms with Gasteiger partial charge >= 0.3 is 0 Å². The molecule has 0 radical (unpaired) electrons. The van der Waals surface area contributed by atoms with Gasteiger partial charge in [-0.3, -0.25) is 4.99 Å². The summed E-state index contributed by atoms with van der Waals surface area (Å²) in [5.74, 6) is 0.897. The molecule has 0 atom stereocenters. The molecule has 0 aliphatic carbocycles. The Bertz CT molecular complexity index is 349. The van der Waals surface area contributed by atoms with Crippen LogP contribution >= 0.6 is 35.6 Å². The van der Waals surface area contributed by atoms with Crippen LogP contribution in [0.4, 0.5) is 0 Å². The van der Waals surface area contributed by atoms with E-state index in [2.05, 4.69) is 10.3 Å². The van der Waals surface area contributed by atoms with Crippen molar-refractivity contribution in [2.75, 3.05) is 27.7 Å². The molecule has 0 saturated heterocycles. The summed E-state index contributed by atoms with van der Waals surface area (Å²) in [6, 6.07) is 7.92. The van der Waals surface area contributed by atoms with Crippen LogP contribution in [0.15, 0.2) is 29.3 Å². The van der Waals surface area contributed by atoms with E-state index >= 15 is 0 Å². The van der Waals surface area contributed by atoms with Gasteiger partial charge in [-0.05, 0) is 24.1 Å². The van der Waals surface area contributed by atoms with E-state index in [1.54, 1.807) is 7.05 Å². The second kappa shape index (κ2) is 8.58. The van der Waals surface area contributed by atoms with Crippen LogP contribution in [0.25, 0.3) is 0 Å². The molecular formula is C12H19ClIN3. The highest BCUT2D eigenvalue weighted by atomic mass is 127. The third-order valence-corrected chi connectivity index (χ3v) is 2.50. The average molecular weight is 368 g/mol. The van der Waals surface area contributed by atoms with Crippen molar-refractivity contribution in [1.82, 2.24) is 10.2 Å². The molecule has 0 spiro atoms. The molecule has 17 heavy (non-hydrogen) atoms. The van der Waals surface area contributed by atoms with Crippen molar-refractivity contribution in [3.63, 3.8) is 0 Å². The molecule has 1 rings (SSSR count). The summed E-state index contributed by atoms with van der Waals surface area (Å²) in [6.45, 7) is 0.868. The zero-order valence-electron chi connectivity index (χ0n) is 10.4. The van der Waals surface area contributed by atoms with E-state index in [0.29, 0.717) is 0 Å². The minimum atomic E-state index is 0. The molecule has 0 saturated carbocycles. The molecule has 0 aliphatic rings. The third kappa shape index (κ3) is 6.12. The van der Waals surface area contributed by atoms with Gasteiger partial charge < -0.3 is 10.2 Å². The smallest absolute Gasteiger partial charge is 0.193 e. The number of guanidine groups is 1. The summed E-state index contributed by atoms with van der Waals surface area (Å²) in [6.07, 6.45) is 0.962. The van der Waals surface area contributed by atoms with Crippen LogP contribution in [0.3, 0.4) is 0 Å². The number of halogens is 2. The molecule has 3 nitrogen and oxygen atoms in total. The van der Waals surface area contributed by atoms with Crippen LogP contribution < -0.4 is 5.32 Å². The maximum Gasteiger partial charge on any atom is 0.193 e. The summed E-state index contributed by atoms with van der Waals surface area (Å²) in [5, 5.41) is 4.05. The fraction of sp³-hybridized carbons (Fsp3) is 0.417. The fourth-order valence-corrected chi connectivity index (χ4v) is 1.53. The van der Waals surface area contributed by atoms with Gasteiger partial charge in [0.1, 0.15) is 0 Å². The number of nitrogens with zero attached hydrogens (tertiary/aromatic N) is 2. The van der Waals surface area contributed by atoms with Crippen LogP contribution in [0.5, 0.6) is 0 Å². The first kappa shape index (κ1) is 16.5. The van der Waals surface area contributed by atoms with Gasteiger partial charge in [-0.25, -0.2) is 0 Å². The Kier molecular flexibility index (Phi) is 8.33. The lowest BCUT2D eigenvalue weighted by atomic mass is 10.1. The zero-order valence-corrected chi connectivity index (χ0v) is 13.5. The number of aliphatic imine (C=N–C) groups is 1. The first-order valence-corrected chi connectivity index (χ1v) is 5.63. The van der Waals surface area contributed by atoms with E-state index < -0.39 is 0 Å². The fourth-order valence-electron chi connectivity index (χ4n) is 1.41. The highest BCUT2D eigenvalue weighted by Gasteiger charge is 1.99. The summed E-state index contributed by atoms with van der Waals surface area (Å²) >= 11 is 5.82.